The SMILES string of the molecule is CC(C)N1CC(c2cc(Br)ccc2F)N(C)C1=O. The lowest BCUT2D eigenvalue weighted by Gasteiger charge is -2.19. The maximum absolute atomic E-state index is 13.9. The van der Waals surface area contributed by atoms with E-state index in [9.17, 15) is 9.18 Å². The van der Waals surface area contributed by atoms with E-state index in [1.807, 2.05) is 13.8 Å². The number of amides is 2. The Hall–Kier alpha value is -1.10. The topological polar surface area (TPSA) is 23.6 Å². The molecule has 1 heterocycles. The first-order valence-electron chi connectivity index (χ1n) is 5.90. The lowest BCUT2D eigenvalue weighted by molar-refractivity contribution is 0.187. The van der Waals surface area contributed by atoms with Crippen LogP contribution in [0.25, 0.3) is 0 Å². The van der Waals surface area contributed by atoms with Crippen LogP contribution < -0.4 is 0 Å². The summed E-state index contributed by atoms with van der Waals surface area (Å²) >= 11 is 3.34. The van der Waals surface area contributed by atoms with E-state index in [1.54, 1.807) is 29.0 Å². The van der Waals surface area contributed by atoms with Crippen LogP contribution in [0.4, 0.5) is 9.18 Å². The minimum absolute atomic E-state index is 0.0469. The number of likely N-dealkylation sites (N-methyl/N-ethyl adjacent to an activating group) is 1. The fourth-order valence-electron chi connectivity index (χ4n) is 2.23. The minimum Gasteiger partial charge on any atom is -0.320 e. The molecular formula is C13H16BrFN2O. The molecule has 1 fully saturated rings. The number of carbonyl (C=O) groups excluding carboxylic acids is 1. The van der Waals surface area contributed by atoms with E-state index in [0.29, 0.717) is 12.1 Å². The Morgan fingerprint density at radius 2 is 2.11 bits per heavy atom. The summed E-state index contributed by atoms with van der Waals surface area (Å²) < 4.78 is 14.7. The van der Waals surface area contributed by atoms with Crippen molar-refractivity contribution in [2.75, 3.05) is 13.6 Å². The highest BCUT2D eigenvalue weighted by Gasteiger charge is 2.37. The highest BCUT2D eigenvalue weighted by atomic mass is 79.9. The number of hydrogen-bond acceptors (Lipinski definition) is 1. The van der Waals surface area contributed by atoms with Gasteiger partial charge in [-0.2, -0.15) is 0 Å². The molecule has 1 aliphatic heterocycles. The van der Waals surface area contributed by atoms with Gasteiger partial charge in [-0.1, -0.05) is 15.9 Å². The summed E-state index contributed by atoms with van der Waals surface area (Å²) in [5.74, 6) is -0.270. The summed E-state index contributed by atoms with van der Waals surface area (Å²) in [7, 11) is 1.72. The van der Waals surface area contributed by atoms with Crippen LogP contribution in [0.3, 0.4) is 0 Å². The second kappa shape index (κ2) is 4.88. The maximum atomic E-state index is 13.9. The van der Waals surface area contributed by atoms with Crippen LogP contribution in [0.2, 0.25) is 0 Å². The van der Waals surface area contributed by atoms with Gasteiger partial charge < -0.3 is 9.80 Å². The Morgan fingerprint density at radius 1 is 1.44 bits per heavy atom. The largest absolute Gasteiger partial charge is 0.320 e. The van der Waals surface area contributed by atoms with Crippen molar-refractivity contribution in [3.05, 3.63) is 34.1 Å². The Morgan fingerprint density at radius 3 is 2.67 bits per heavy atom. The third kappa shape index (κ3) is 2.23. The van der Waals surface area contributed by atoms with Crippen molar-refractivity contribution < 1.29 is 9.18 Å². The molecule has 1 saturated heterocycles. The Labute approximate surface area is 115 Å². The fraction of sp³-hybridized carbons (Fsp3) is 0.462. The van der Waals surface area contributed by atoms with Gasteiger partial charge in [-0.3, -0.25) is 0 Å². The molecular weight excluding hydrogens is 299 g/mol. The standard InChI is InChI=1S/C13H16BrFN2O/c1-8(2)17-7-12(16(3)13(17)18)10-6-9(14)4-5-11(10)15/h4-6,8,12H,7H2,1-3H3. The zero-order chi connectivity index (χ0) is 13.4. The molecule has 18 heavy (non-hydrogen) atoms. The fourth-order valence-corrected chi connectivity index (χ4v) is 2.61. The number of urea groups is 1. The van der Waals surface area contributed by atoms with Crippen molar-refractivity contribution in [3.8, 4) is 0 Å². The molecule has 0 spiro atoms. The molecule has 5 heteroatoms. The molecule has 0 aromatic heterocycles. The van der Waals surface area contributed by atoms with Gasteiger partial charge in [0.25, 0.3) is 0 Å². The Balaban J connectivity index is 2.35. The average molecular weight is 315 g/mol. The van der Waals surface area contributed by atoms with Crippen LogP contribution in [0.1, 0.15) is 25.5 Å². The summed E-state index contributed by atoms with van der Waals surface area (Å²) in [6.45, 7) is 4.46. The number of nitrogens with zero attached hydrogens (tertiary/aromatic N) is 2. The summed E-state index contributed by atoms with van der Waals surface area (Å²) in [5.41, 5.74) is 0.559. The zero-order valence-electron chi connectivity index (χ0n) is 10.7. The van der Waals surface area contributed by atoms with Crippen LogP contribution in [0.5, 0.6) is 0 Å². The van der Waals surface area contributed by atoms with Gasteiger partial charge in [-0.05, 0) is 32.0 Å². The van der Waals surface area contributed by atoms with Gasteiger partial charge in [0.2, 0.25) is 0 Å². The van der Waals surface area contributed by atoms with E-state index in [1.165, 1.54) is 6.07 Å². The molecule has 0 radical (unpaired) electrons. The van der Waals surface area contributed by atoms with Gasteiger partial charge in [-0.15, -0.1) is 0 Å². The number of hydrogen-bond donors (Lipinski definition) is 0. The highest BCUT2D eigenvalue weighted by Crippen LogP contribution is 2.32. The third-order valence-corrected chi connectivity index (χ3v) is 3.82. The summed E-state index contributed by atoms with van der Waals surface area (Å²) in [4.78, 5) is 15.4. The summed E-state index contributed by atoms with van der Waals surface area (Å²) in [6, 6.07) is 4.69. The van der Waals surface area contributed by atoms with Crippen LogP contribution >= 0.6 is 15.9 Å². The summed E-state index contributed by atoms with van der Waals surface area (Å²) in [5, 5.41) is 0. The molecule has 0 bridgehead atoms. The monoisotopic (exact) mass is 314 g/mol. The molecule has 0 aliphatic carbocycles. The first kappa shape index (κ1) is 13.3. The number of halogens is 2. The minimum atomic E-state index is -0.270. The second-order valence-electron chi connectivity index (χ2n) is 4.82. The molecule has 98 valence electrons. The van der Waals surface area contributed by atoms with Crippen LogP contribution in [-0.4, -0.2) is 35.5 Å². The van der Waals surface area contributed by atoms with Gasteiger partial charge in [0.1, 0.15) is 5.82 Å². The van der Waals surface area contributed by atoms with Crippen molar-refractivity contribution in [2.45, 2.75) is 25.9 Å². The number of benzene rings is 1. The highest BCUT2D eigenvalue weighted by molar-refractivity contribution is 9.10. The van der Waals surface area contributed by atoms with Gasteiger partial charge >= 0.3 is 6.03 Å². The predicted molar refractivity (Wildman–Crippen MR) is 71.8 cm³/mol. The van der Waals surface area contributed by atoms with Crippen molar-refractivity contribution in [2.24, 2.45) is 0 Å². The molecule has 2 rings (SSSR count). The van der Waals surface area contributed by atoms with Gasteiger partial charge in [0.05, 0.1) is 6.04 Å². The van der Waals surface area contributed by atoms with Crippen molar-refractivity contribution in [1.29, 1.82) is 0 Å². The quantitative estimate of drug-likeness (QED) is 0.820. The maximum Gasteiger partial charge on any atom is 0.320 e. The van der Waals surface area contributed by atoms with E-state index in [2.05, 4.69) is 15.9 Å². The average Bonchev–Trinajstić information content (AvgIpc) is 2.60. The zero-order valence-corrected chi connectivity index (χ0v) is 12.2. The van der Waals surface area contributed by atoms with Crippen molar-refractivity contribution in [3.63, 3.8) is 0 Å². The summed E-state index contributed by atoms with van der Waals surface area (Å²) in [6.07, 6.45) is 0. The van der Waals surface area contributed by atoms with Crippen LogP contribution in [0.15, 0.2) is 22.7 Å². The van der Waals surface area contributed by atoms with Crippen molar-refractivity contribution >= 4 is 22.0 Å². The molecule has 1 atom stereocenters. The molecule has 0 saturated carbocycles. The Kier molecular flexibility index (Phi) is 3.61. The second-order valence-corrected chi connectivity index (χ2v) is 5.74. The predicted octanol–water partition coefficient (Wildman–Crippen LogP) is 3.41. The normalized spacial score (nSPS) is 20.1. The Bertz CT molecular complexity index is 478. The van der Waals surface area contributed by atoms with Crippen molar-refractivity contribution in [1.82, 2.24) is 9.80 Å². The van der Waals surface area contributed by atoms with E-state index < -0.39 is 0 Å². The van der Waals surface area contributed by atoms with Gasteiger partial charge in [0, 0.05) is 29.7 Å². The lowest BCUT2D eigenvalue weighted by Crippen LogP contribution is -2.34. The smallest absolute Gasteiger partial charge is 0.320 e. The van der Waals surface area contributed by atoms with E-state index in [-0.39, 0.29) is 23.9 Å². The van der Waals surface area contributed by atoms with Gasteiger partial charge in [-0.25, -0.2) is 9.18 Å². The molecule has 3 nitrogen and oxygen atoms in total. The van der Waals surface area contributed by atoms with Crippen LogP contribution in [0, 0.1) is 5.82 Å². The van der Waals surface area contributed by atoms with Gasteiger partial charge in [0.15, 0.2) is 0 Å². The van der Waals surface area contributed by atoms with Crippen LogP contribution in [-0.2, 0) is 0 Å². The number of carbonyl (C=O) groups is 1. The molecule has 1 aromatic rings. The molecule has 1 aromatic carbocycles. The van der Waals surface area contributed by atoms with E-state index in [4.69, 9.17) is 0 Å². The first-order chi connectivity index (χ1) is 8.41. The molecule has 1 aliphatic rings. The third-order valence-electron chi connectivity index (χ3n) is 3.32. The molecule has 0 N–H and O–H groups in total. The first-order valence-corrected chi connectivity index (χ1v) is 6.69. The van der Waals surface area contributed by atoms with E-state index >= 15 is 0 Å². The number of rotatable bonds is 2. The molecule has 2 amide bonds. The molecule has 1 unspecified atom stereocenters. The lowest BCUT2D eigenvalue weighted by atomic mass is 10.1. The van der Waals surface area contributed by atoms with E-state index in [0.717, 1.165) is 4.47 Å².